The molecule has 0 saturated carbocycles. The van der Waals surface area contributed by atoms with Gasteiger partial charge in [-0.25, -0.2) is 0 Å². The summed E-state index contributed by atoms with van der Waals surface area (Å²) in [6, 6.07) is 10.6. The van der Waals surface area contributed by atoms with Crippen LogP contribution in [0.5, 0.6) is 5.75 Å². The summed E-state index contributed by atoms with van der Waals surface area (Å²) >= 11 is 0. The molecule has 0 saturated heterocycles. The number of benzene rings is 1. The van der Waals surface area contributed by atoms with Gasteiger partial charge in [-0.1, -0.05) is 19.1 Å². The normalized spacial score (nSPS) is 12.3. The fourth-order valence-corrected chi connectivity index (χ4v) is 2.09. The molecule has 1 aromatic heterocycles. The van der Waals surface area contributed by atoms with E-state index in [1.807, 2.05) is 36.1 Å². The lowest BCUT2D eigenvalue weighted by molar-refractivity contribution is 0.291. The lowest BCUT2D eigenvalue weighted by Gasteiger charge is -2.14. The molecule has 4 heteroatoms. The molecule has 1 aromatic carbocycles. The third kappa shape index (κ3) is 3.83. The van der Waals surface area contributed by atoms with E-state index in [9.17, 15) is 0 Å². The molecule has 2 aromatic rings. The molecular formula is C15H21N3O. The van der Waals surface area contributed by atoms with Crippen molar-refractivity contribution in [2.45, 2.75) is 25.9 Å². The maximum Gasteiger partial charge on any atom is 0.119 e. The molecule has 2 rings (SSSR count). The van der Waals surface area contributed by atoms with Gasteiger partial charge in [-0.2, -0.15) is 5.10 Å². The first kappa shape index (κ1) is 13.6. The van der Waals surface area contributed by atoms with Crippen molar-refractivity contribution in [3.05, 3.63) is 48.3 Å². The molecule has 1 N–H and O–H groups in total. The molecular weight excluding hydrogens is 238 g/mol. The number of ether oxygens (including phenoxy) is 1. The second-order valence-corrected chi connectivity index (χ2v) is 4.44. The molecule has 4 nitrogen and oxygen atoms in total. The third-order valence-corrected chi connectivity index (χ3v) is 3.19. The van der Waals surface area contributed by atoms with Crippen molar-refractivity contribution in [1.29, 1.82) is 0 Å². The minimum atomic E-state index is 0.415. The van der Waals surface area contributed by atoms with Gasteiger partial charge in [0.25, 0.3) is 0 Å². The highest BCUT2D eigenvalue weighted by atomic mass is 16.5. The van der Waals surface area contributed by atoms with Gasteiger partial charge in [0.05, 0.1) is 6.54 Å². The Balaban J connectivity index is 1.84. The van der Waals surface area contributed by atoms with Gasteiger partial charge >= 0.3 is 0 Å². The number of aromatic nitrogens is 2. The van der Waals surface area contributed by atoms with Crippen LogP contribution in [-0.4, -0.2) is 23.4 Å². The fourth-order valence-electron chi connectivity index (χ4n) is 2.09. The molecule has 0 radical (unpaired) electrons. The van der Waals surface area contributed by atoms with E-state index in [2.05, 4.69) is 29.5 Å². The minimum absolute atomic E-state index is 0.415. The summed E-state index contributed by atoms with van der Waals surface area (Å²) in [6.45, 7) is 3.57. The van der Waals surface area contributed by atoms with Crippen molar-refractivity contribution >= 4 is 0 Å². The van der Waals surface area contributed by atoms with Crippen LogP contribution in [-0.2, 0) is 6.54 Å². The van der Waals surface area contributed by atoms with E-state index in [1.165, 1.54) is 5.56 Å². The van der Waals surface area contributed by atoms with Gasteiger partial charge in [0.15, 0.2) is 0 Å². The van der Waals surface area contributed by atoms with Gasteiger partial charge in [0.2, 0.25) is 0 Å². The summed E-state index contributed by atoms with van der Waals surface area (Å²) in [4.78, 5) is 0. The van der Waals surface area contributed by atoms with Crippen LogP contribution in [0.4, 0.5) is 0 Å². The van der Waals surface area contributed by atoms with Crippen LogP contribution in [0.3, 0.4) is 0 Å². The smallest absolute Gasteiger partial charge is 0.119 e. The van der Waals surface area contributed by atoms with E-state index >= 15 is 0 Å². The first-order valence-corrected chi connectivity index (χ1v) is 6.71. The number of hydrogen-bond donors (Lipinski definition) is 1. The van der Waals surface area contributed by atoms with Gasteiger partial charge in [-0.15, -0.1) is 0 Å². The van der Waals surface area contributed by atoms with Gasteiger partial charge in [0, 0.05) is 18.4 Å². The zero-order valence-electron chi connectivity index (χ0n) is 11.5. The first-order valence-electron chi connectivity index (χ1n) is 6.71. The van der Waals surface area contributed by atoms with Crippen molar-refractivity contribution in [2.75, 3.05) is 13.7 Å². The fraction of sp³-hybridized carbons (Fsp3) is 0.400. The van der Waals surface area contributed by atoms with Crippen molar-refractivity contribution < 1.29 is 4.74 Å². The van der Waals surface area contributed by atoms with E-state index < -0.39 is 0 Å². The molecule has 0 spiro atoms. The number of nitrogens with one attached hydrogen (secondary N) is 1. The Morgan fingerprint density at radius 1 is 1.32 bits per heavy atom. The molecule has 19 heavy (non-hydrogen) atoms. The Labute approximate surface area is 114 Å². The topological polar surface area (TPSA) is 39.1 Å². The van der Waals surface area contributed by atoms with Gasteiger partial charge < -0.3 is 10.1 Å². The highest BCUT2D eigenvalue weighted by Gasteiger charge is 2.05. The Hall–Kier alpha value is -1.81. The summed E-state index contributed by atoms with van der Waals surface area (Å²) in [6.07, 6.45) is 4.79. The Morgan fingerprint density at radius 3 is 2.68 bits per heavy atom. The van der Waals surface area contributed by atoms with E-state index in [4.69, 9.17) is 4.74 Å². The largest absolute Gasteiger partial charge is 0.492 e. The van der Waals surface area contributed by atoms with Crippen LogP contribution in [0.2, 0.25) is 0 Å². The predicted octanol–water partition coefficient (Wildman–Crippen LogP) is 2.63. The Kier molecular flexibility index (Phi) is 4.98. The Morgan fingerprint density at radius 2 is 2.11 bits per heavy atom. The predicted molar refractivity (Wildman–Crippen MR) is 76.3 cm³/mol. The molecule has 0 bridgehead atoms. The van der Waals surface area contributed by atoms with Crippen molar-refractivity contribution in [3.8, 4) is 5.75 Å². The minimum Gasteiger partial charge on any atom is -0.492 e. The maximum absolute atomic E-state index is 5.70. The lowest BCUT2D eigenvalue weighted by Crippen LogP contribution is -2.15. The molecule has 0 amide bonds. The molecule has 102 valence electrons. The third-order valence-electron chi connectivity index (χ3n) is 3.19. The summed E-state index contributed by atoms with van der Waals surface area (Å²) < 4.78 is 7.56. The van der Waals surface area contributed by atoms with Gasteiger partial charge in [-0.3, -0.25) is 4.68 Å². The van der Waals surface area contributed by atoms with Crippen LogP contribution in [0.25, 0.3) is 0 Å². The average molecular weight is 259 g/mol. The van der Waals surface area contributed by atoms with Crippen molar-refractivity contribution in [1.82, 2.24) is 15.1 Å². The standard InChI is InChI=1S/C15H21N3O/c1-3-15(16-2)13-5-7-14(8-6-13)19-12-11-18-10-4-9-17-18/h4-10,15-16H,3,11-12H2,1-2H3. The highest BCUT2D eigenvalue weighted by molar-refractivity contribution is 5.29. The second kappa shape index (κ2) is 6.95. The highest BCUT2D eigenvalue weighted by Crippen LogP contribution is 2.19. The van der Waals surface area contributed by atoms with Crippen molar-refractivity contribution in [3.63, 3.8) is 0 Å². The summed E-state index contributed by atoms with van der Waals surface area (Å²) in [5, 5.41) is 7.43. The second-order valence-electron chi connectivity index (χ2n) is 4.44. The summed E-state index contributed by atoms with van der Waals surface area (Å²) in [5.74, 6) is 0.905. The van der Waals surface area contributed by atoms with Crippen LogP contribution >= 0.6 is 0 Å². The summed E-state index contributed by atoms with van der Waals surface area (Å²) in [7, 11) is 1.99. The lowest BCUT2D eigenvalue weighted by atomic mass is 10.1. The van der Waals surface area contributed by atoms with Crippen LogP contribution in [0.15, 0.2) is 42.7 Å². The Bertz CT molecular complexity index is 461. The molecule has 0 aliphatic carbocycles. The molecule has 1 heterocycles. The quantitative estimate of drug-likeness (QED) is 0.831. The molecule has 0 fully saturated rings. The van der Waals surface area contributed by atoms with Crippen molar-refractivity contribution in [2.24, 2.45) is 0 Å². The average Bonchev–Trinajstić information content (AvgIpc) is 2.95. The van der Waals surface area contributed by atoms with Crippen LogP contribution in [0, 0.1) is 0 Å². The first-order chi connectivity index (χ1) is 9.33. The SMILES string of the molecule is CCC(NC)c1ccc(OCCn2cccn2)cc1. The van der Waals surface area contributed by atoms with Gasteiger partial charge in [-0.05, 0) is 37.2 Å². The molecule has 0 aliphatic rings. The van der Waals surface area contributed by atoms with E-state index in [1.54, 1.807) is 6.20 Å². The van der Waals surface area contributed by atoms with Crippen LogP contribution in [0.1, 0.15) is 24.9 Å². The summed E-state index contributed by atoms with van der Waals surface area (Å²) in [5.41, 5.74) is 1.30. The number of nitrogens with zero attached hydrogens (tertiary/aromatic N) is 2. The van der Waals surface area contributed by atoms with E-state index in [0.717, 1.165) is 18.7 Å². The van der Waals surface area contributed by atoms with E-state index in [0.29, 0.717) is 12.6 Å². The zero-order chi connectivity index (χ0) is 13.5. The monoisotopic (exact) mass is 259 g/mol. The molecule has 0 aliphatic heterocycles. The van der Waals surface area contributed by atoms with E-state index in [-0.39, 0.29) is 0 Å². The number of hydrogen-bond acceptors (Lipinski definition) is 3. The maximum atomic E-state index is 5.70. The molecule has 1 atom stereocenters. The van der Waals surface area contributed by atoms with Gasteiger partial charge in [0.1, 0.15) is 12.4 Å². The number of rotatable bonds is 7. The molecule has 1 unspecified atom stereocenters. The zero-order valence-corrected chi connectivity index (χ0v) is 11.5. The van der Waals surface area contributed by atoms with Crippen LogP contribution < -0.4 is 10.1 Å².